The minimum Gasteiger partial charge on any atom is -0.468 e. The van der Waals surface area contributed by atoms with Gasteiger partial charge in [-0.1, -0.05) is 42.1 Å². The SMILES string of the molecule is COC(=O)Cn1c(SCc2ccccc2[N+](=O)[O-])nc2ccccc2c1=O. The van der Waals surface area contributed by atoms with Gasteiger partial charge in [0.05, 0.1) is 22.9 Å². The van der Waals surface area contributed by atoms with Crippen LogP contribution in [0.3, 0.4) is 0 Å². The summed E-state index contributed by atoms with van der Waals surface area (Å²) >= 11 is 1.15. The van der Waals surface area contributed by atoms with Crippen LogP contribution in [0, 0.1) is 10.1 Å². The van der Waals surface area contributed by atoms with Crippen LogP contribution in [-0.2, 0) is 21.8 Å². The number of hydrogen-bond acceptors (Lipinski definition) is 7. The lowest BCUT2D eigenvalue weighted by atomic mass is 10.2. The molecule has 27 heavy (non-hydrogen) atoms. The Morgan fingerprint density at radius 3 is 2.67 bits per heavy atom. The highest BCUT2D eigenvalue weighted by molar-refractivity contribution is 7.98. The fourth-order valence-corrected chi connectivity index (χ4v) is 3.54. The molecule has 0 bridgehead atoms. The van der Waals surface area contributed by atoms with Gasteiger partial charge < -0.3 is 4.74 Å². The molecule has 0 saturated carbocycles. The van der Waals surface area contributed by atoms with Crippen LogP contribution < -0.4 is 5.56 Å². The van der Waals surface area contributed by atoms with E-state index in [1.165, 1.54) is 17.7 Å². The van der Waals surface area contributed by atoms with Gasteiger partial charge in [0.15, 0.2) is 5.16 Å². The Labute approximate surface area is 157 Å². The molecule has 2 aromatic carbocycles. The number of thioether (sulfide) groups is 1. The van der Waals surface area contributed by atoms with E-state index in [0.717, 1.165) is 11.8 Å². The molecule has 8 nitrogen and oxygen atoms in total. The van der Waals surface area contributed by atoms with E-state index < -0.39 is 10.9 Å². The summed E-state index contributed by atoms with van der Waals surface area (Å²) in [5, 5.41) is 11.9. The van der Waals surface area contributed by atoms with Gasteiger partial charge in [-0.3, -0.25) is 24.3 Å². The number of benzene rings is 2. The van der Waals surface area contributed by atoms with E-state index >= 15 is 0 Å². The van der Waals surface area contributed by atoms with Crippen molar-refractivity contribution in [2.75, 3.05) is 7.11 Å². The van der Waals surface area contributed by atoms with Gasteiger partial charge in [-0.15, -0.1) is 0 Å². The Kier molecular flexibility index (Phi) is 5.51. The lowest BCUT2D eigenvalue weighted by Gasteiger charge is -2.12. The third kappa shape index (κ3) is 3.98. The van der Waals surface area contributed by atoms with Crippen LogP contribution in [0.5, 0.6) is 0 Å². The molecular formula is C18H15N3O5S. The molecule has 0 radical (unpaired) electrons. The largest absolute Gasteiger partial charge is 0.468 e. The first-order valence-electron chi connectivity index (χ1n) is 7.92. The minimum absolute atomic E-state index is 0.00680. The fraction of sp³-hybridized carbons (Fsp3) is 0.167. The molecule has 9 heteroatoms. The van der Waals surface area contributed by atoms with Crippen LogP contribution in [0.15, 0.2) is 58.5 Å². The summed E-state index contributed by atoms with van der Waals surface area (Å²) in [4.78, 5) is 39.7. The lowest BCUT2D eigenvalue weighted by Crippen LogP contribution is -2.27. The number of carbonyl (C=O) groups excluding carboxylic acids is 1. The number of para-hydroxylation sites is 2. The quantitative estimate of drug-likeness (QED) is 0.211. The summed E-state index contributed by atoms with van der Waals surface area (Å²) < 4.78 is 5.89. The molecule has 0 fully saturated rings. The highest BCUT2D eigenvalue weighted by Gasteiger charge is 2.17. The average Bonchev–Trinajstić information content (AvgIpc) is 2.68. The molecule has 1 heterocycles. The van der Waals surface area contributed by atoms with Gasteiger partial charge in [0, 0.05) is 17.4 Å². The van der Waals surface area contributed by atoms with Crippen LogP contribution >= 0.6 is 11.8 Å². The Balaban J connectivity index is 2.02. The first kappa shape index (κ1) is 18.6. The predicted molar refractivity (Wildman–Crippen MR) is 101 cm³/mol. The molecule has 0 aliphatic heterocycles. The topological polar surface area (TPSA) is 104 Å². The van der Waals surface area contributed by atoms with Crippen molar-refractivity contribution in [3.63, 3.8) is 0 Å². The number of ether oxygens (including phenoxy) is 1. The number of nitrogens with zero attached hydrogens (tertiary/aromatic N) is 3. The molecule has 3 rings (SSSR count). The van der Waals surface area contributed by atoms with Crippen molar-refractivity contribution in [2.45, 2.75) is 17.5 Å². The van der Waals surface area contributed by atoms with E-state index in [0.29, 0.717) is 21.6 Å². The van der Waals surface area contributed by atoms with Gasteiger partial charge in [-0.2, -0.15) is 0 Å². The van der Waals surface area contributed by atoms with E-state index in [-0.39, 0.29) is 23.5 Å². The number of aromatic nitrogens is 2. The van der Waals surface area contributed by atoms with E-state index in [2.05, 4.69) is 9.72 Å². The number of hydrogen-bond donors (Lipinski definition) is 0. The van der Waals surface area contributed by atoms with E-state index in [1.54, 1.807) is 42.5 Å². The zero-order valence-corrected chi connectivity index (χ0v) is 15.1. The maximum absolute atomic E-state index is 12.8. The lowest BCUT2D eigenvalue weighted by molar-refractivity contribution is -0.385. The van der Waals surface area contributed by atoms with Crippen molar-refractivity contribution in [1.29, 1.82) is 0 Å². The second-order valence-electron chi connectivity index (χ2n) is 5.55. The average molecular weight is 385 g/mol. The van der Waals surface area contributed by atoms with Gasteiger partial charge in [-0.25, -0.2) is 4.98 Å². The number of esters is 1. The van der Waals surface area contributed by atoms with Crippen molar-refractivity contribution in [3.05, 3.63) is 74.6 Å². The molecule has 1 aromatic heterocycles. The van der Waals surface area contributed by atoms with Gasteiger partial charge in [0.25, 0.3) is 11.2 Å². The van der Waals surface area contributed by atoms with Crippen LogP contribution in [-0.4, -0.2) is 27.6 Å². The molecule has 0 spiro atoms. The number of nitro groups is 1. The van der Waals surface area contributed by atoms with E-state index in [9.17, 15) is 19.7 Å². The third-order valence-corrected chi connectivity index (χ3v) is 4.91. The maximum atomic E-state index is 12.8. The summed E-state index contributed by atoms with van der Waals surface area (Å²) in [6.07, 6.45) is 0. The molecule has 0 aliphatic rings. The normalized spacial score (nSPS) is 10.7. The first-order valence-corrected chi connectivity index (χ1v) is 8.91. The van der Waals surface area contributed by atoms with Crippen molar-refractivity contribution in [1.82, 2.24) is 9.55 Å². The number of fused-ring (bicyclic) bond motifs is 1. The molecular weight excluding hydrogens is 370 g/mol. The third-order valence-electron chi connectivity index (χ3n) is 3.89. The highest BCUT2D eigenvalue weighted by Crippen LogP contribution is 2.27. The van der Waals surface area contributed by atoms with Crippen LogP contribution in [0.2, 0.25) is 0 Å². The van der Waals surface area contributed by atoms with Crippen LogP contribution in [0.1, 0.15) is 5.56 Å². The summed E-state index contributed by atoms with van der Waals surface area (Å²) in [5.41, 5.74) is 0.622. The van der Waals surface area contributed by atoms with Crippen molar-refractivity contribution in [3.8, 4) is 0 Å². The number of rotatable bonds is 6. The summed E-state index contributed by atoms with van der Waals surface area (Å²) in [6.45, 7) is -0.285. The molecule has 138 valence electrons. The molecule has 0 amide bonds. The number of methoxy groups -OCH3 is 1. The standard InChI is InChI=1S/C18H15N3O5S/c1-26-16(22)10-20-17(23)13-7-3-4-8-14(13)19-18(20)27-11-12-6-2-5-9-15(12)21(24)25/h2-9H,10-11H2,1H3. The Bertz CT molecular complexity index is 1080. The molecule has 0 atom stereocenters. The van der Waals surface area contributed by atoms with Crippen LogP contribution in [0.4, 0.5) is 5.69 Å². The Morgan fingerprint density at radius 2 is 1.93 bits per heavy atom. The molecule has 0 saturated heterocycles. The highest BCUT2D eigenvalue weighted by atomic mass is 32.2. The predicted octanol–water partition coefficient (Wildman–Crippen LogP) is 2.77. The first-order chi connectivity index (χ1) is 13.0. The number of carbonyl (C=O) groups is 1. The van der Waals surface area contributed by atoms with Gasteiger partial charge in [-0.05, 0) is 12.1 Å². The summed E-state index contributed by atoms with van der Waals surface area (Å²) in [7, 11) is 1.24. The number of nitro benzene ring substituents is 1. The van der Waals surface area contributed by atoms with Crippen molar-refractivity contribution >= 4 is 34.3 Å². The second kappa shape index (κ2) is 8.00. The maximum Gasteiger partial charge on any atom is 0.325 e. The second-order valence-corrected chi connectivity index (χ2v) is 6.50. The molecule has 3 aromatic rings. The van der Waals surface area contributed by atoms with Gasteiger partial charge in [0.1, 0.15) is 6.54 Å². The fourth-order valence-electron chi connectivity index (χ4n) is 2.54. The van der Waals surface area contributed by atoms with Crippen molar-refractivity contribution < 1.29 is 14.5 Å². The van der Waals surface area contributed by atoms with E-state index in [1.807, 2.05) is 0 Å². The molecule has 0 unspecified atom stereocenters. The smallest absolute Gasteiger partial charge is 0.325 e. The Hall–Kier alpha value is -3.20. The van der Waals surface area contributed by atoms with Gasteiger partial charge in [0.2, 0.25) is 0 Å². The monoisotopic (exact) mass is 385 g/mol. The van der Waals surface area contributed by atoms with E-state index in [4.69, 9.17) is 0 Å². The van der Waals surface area contributed by atoms with Gasteiger partial charge >= 0.3 is 5.97 Å². The zero-order valence-electron chi connectivity index (χ0n) is 14.3. The van der Waals surface area contributed by atoms with Crippen molar-refractivity contribution in [2.24, 2.45) is 0 Å². The summed E-state index contributed by atoms with van der Waals surface area (Å²) in [6, 6.07) is 13.2. The Morgan fingerprint density at radius 1 is 1.22 bits per heavy atom. The summed E-state index contributed by atoms with van der Waals surface area (Å²) in [5.74, 6) is -0.356. The van der Waals surface area contributed by atoms with Crippen LogP contribution in [0.25, 0.3) is 10.9 Å². The molecule has 0 N–H and O–H groups in total. The minimum atomic E-state index is -0.582. The molecule has 0 aliphatic carbocycles. The zero-order chi connectivity index (χ0) is 19.4.